The smallest absolute Gasteiger partial charge is 0.305 e. The molecule has 0 saturated carbocycles. The van der Waals surface area contributed by atoms with E-state index in [1.807, 2.05) is 0 Å². The number of ether oxygens (including phenoxy) is 1. The molecule has 0 saturated heterocycles. The first-order chi connectivity index (χ1) is 47.0. The number of unbranched alkanes of at least 4 members (excludes halogenated alkanes) is 72. The van der Waals surface area contributed by atoms with E-state index in [2.05, 4.69) is 31.3 Å². The van der Waals surface area contributed by atoms with E-state index >= 15 is 0 Å². The maximum absolute atomic E-state index is 12.6. The fraction of sp³-hybridized carbons (Fsp3) is 0.955. The van der Waals surface area contributed by atoms with E-state index in [1.165, 1.54) is 449 Å². The second kappa shape index (κ2) is 85.0. The van der Waals surface area contributed by atoms with Crippen molar-refractivity contribution in [1.82, 2.24) is 5.32 Å². The predicted molar refractivity (Wildman–Crippen MR) is 421 cm³/mol. The minimum Gasteiger partial charge on any atom is -0.466 e. The predicted octanol–water partition coefficient (Wildman–Crippen LogP) is 29.8. The third-order valence-corrected chi connectivity index (χ3v) is 21.3. The van der Waals surface area contributed by atoms with Crippen molar-refractivity contribution in [2.45, 2.75) is 533 Å². The normalized spacial score (nSPS) is 12.4. The first kappa shape index (κ1) is 93.6. The number of nitrogens with one attached hydrogen (secondary N) is 1. The lowest BCUT2D eigenvalue weighted by atomic mass is 10.0. The van der Waals surface area contributed by atoms with Crippen LogP contribution in [0.1, 0.15) is 521 Å². The number of amides is 1. The van der Waals surface area contributed by atoms with Crippen LogP contribution < -0.4 is 5.32 Å². The number of esters is 1. The molecule has 566 valence electrons. The third-order valence-electron chi connectivity index (χ3n) is 21.3. The van der Waals surface area contributed by atoms with Gasteiger partial charge in [-0.25, -0.2) is 0 Å². The van der Waals surface area contributed by atoms with Gasteiger partial charge in [0.1, 0.15) is 0 Å². The van der Waals surface area contributed by atoms with Crippen molar-refractivity contribution in [2.75, 3.05) is 13.2 Å². The summed E-state index contributed by atoms with van der Waals surface area (Å²) in [6.07, 6.45) is 109. The molecule has 3 N–H and O–H groups in total. The Kier molecular flexibility index (Phi) is 83.8. The van der Waals surface area contributed by atoms with Crippen LogP contribution in [0.25, 0.3) is 0 Å². The Balaban J connectivity index is 3.31. The van der Waals surface area contributed by atoms with Gasteiger partial charge in [-0.05, 0) is 51.4 Å². The molecule has 0 aromatic carbocycles. The summed E-state index contributed by atoms with van der Waals surface area (Å²) in [7, 11) is 0. The molecule has 0 bridgehead atoms. The number of aliphatic hydroxyl groups excluding tert-OH is 2. The Bertz CT molecular complexity index is 1450. The summed E-state index contributed by atoms with van der Waals surface area (Å²) in [6, 6.07) is -0.539. The van der Waals surface area contributed by atoms with E-state index in [9.17, 15) is 19.8 Å². The summed E-state index contributed by atoms with van der Waals surface area (Å²) in [5.74, 6) is 0.00374. The first-order valence-electron chi connectivity index (χ1n) is 44.4. The molecule has 0 radical (unpaired) electrons. The Hall–Kier alpha value is -1.40. The molecule has 2 atom stereocenters. The molecule has 6 heteroatoms. The van der Waals surface area contributed by atoms with E-state index in [0.717, 1.165) is 38.5 Å². The van der Waals surface area contributed by atoms with Crippen molar-refractivity contribution in [2.24, 2.45) is 0 Å². The van der Waals surface area contributed by atoms with Gasteiger partial charge < -0.3 is 20.3 Å². The Labute approximate surface area is 597 Å². The molecule has 0 aromatic heterocycles. The van der Waals surface area contributed by atoms with Gasteiger partial charge >= 0.3 is 5.97 Å². The number of hydrogen-bond acceptors (Lipinski definition) is 5. The molecule has 6 nitrogen and oxygen atoms in total. The number of hydrogen-bond donors (Lipinski definition) is 3. The molecule has 0 heterocycles. The van der Waals surface area contributed by atoms with Gasteiger partial charge in [0, 0.05) is 12.8 Å². The maximum atomic E-state index is 12.6. The van der Waals surface area contributed by atoms with Crippen LogP contribution in [0.5, 0.6) is 0 Å². The first-order valence-corrected chi connectivity index (χ1v) is 44.4. The van der Waals surface area contributed by atoms with Gasteiger partial charge in [-0.15, -0.1) is 0 Å². The van der Waals surface area contributed by atoms with Crippen LogP contribution in [0.2, 0.25) is 0 Å². The minimum atomic E-state index is -0.662. The molecule has 1 amide bonds. The summed E-state index contributed by atoms with van der Waals surface area (Å²) in [4.78, 5) is 24.7. The topological polar surface area (TPSA) is 95.9 Å². The van der Waals surface area contributed by atoms with E-state index < -0.39 is 12.1 Å². The zero-order chi connectivity index (χ0) is 68.4. The highest BCUT2D eigenvalue weighted by atomic mass is 16.5. The minimum absolute atomic E-state index is 0.0242. The van der Waals surface area contributed by atoms with Crippen LogP contribution in [-0.2, 0) is 14.3 Å². The lowest BCUT2D eigenvalue weighted by Crippen LogP contribution is -2.45. The Morgan fingerprint density at radius 3 is 0.747 bits per heavy atom. The Morgan fingerprint density at radius 1 is 0.284 bits per heavy atom. The van der Waals surface area contributed by atoms with E-state index in [0.29, 0.717) is 25.9 Å². The summed E-state index contributed by atoms with van der Waals surface area (Å²) in [5, 5.41) is 23.5. The molecule has 0 aromatic rings. The molecule has 0 fully saturated rings. The molecule has 0 aliphatic heterocycles. The van der Waals surface area contributed by atoms with Crippen molar-refractivity contribution in [3.8, 4) is 0 Å². The van der Waals surface area contributed by atoms with Gasteiger partial charge in [0.2, 0.25) is 5.91 Å². The highest BCUT2D eigenvalue weighted by molar-refractivity contribution is 5.76. The van der Waals surface area contributed by atoms with Crippen LogP contribution in [0, 0.1) is 0 Å². The molecule has 0 aliphatic carbocycles. The van der Waals surface area contributed by atoms with Crippen LogP contribution in [0.3, 0.4) is 0 Å². The number of carbonyl (C=O) groups is 2. The average Bonchev–Trinajstić information content (AvgIpc) is 2.82. The highest BCUT2D eigenvalue weighted by Crippen LogP contribution is 2.21. The monoisotopic (exact) mass is 1340 g/mol. The molecule has 0 spiro atoms. The summed E-state index contributed by atoms with van der Waals surface area (Å²) < 4.78 is 5.52. The number of aliphatic hydroxyl groups is 2. The summed E-state index contributed by atoms with van der Waals surface area (Å²) in [5.41, 5.74) is 0. The van der Waals surface area contributed by atoms with Crippen LogP contribution >= 0.6 is 0 Å². The largest absolute Gasteiger partial charge is 0.466 e. The van der Waals surface area contributed by atoms with Crippen LogP contribution in [0.15, 0.2) is 12.2 Å². The van der Waals surface area contributed by atoms with E-state index in [-0.39, 0.29) is 18.5 Å². The lowest BCUT2D eigenvalue weighted by Gasteiger charge is -2.22. The van der Waals surface area contributed by atoms with Gasteiger partial charge in [-0.1, -0.05) is 469 Å². The number of carbonyl (C=O) groups excluding carboxylic acids is 2. The fourth-order valence-electron chi connectivity index (χ4n) is 14.6. The summed E-state index contributed by atoms with van der Waals surface area (Å²) in [6.45, 7) is 5.03. The van der Waals surface area contributed by atoms with Gasteiger partial charge in [0.25, 0.3) is 0 Å². The highest BCUT2D eigenvalue weighted by Gasteiger charge is 2.20. The van der Waals surface area contributed by atoms with Gasteiger partial charge in [0.05, 0.1) is 25.4 Å². The Morgan fingerprint density at radius 2 is 0.495 bits per heavy atom. The molecule has 0 rings (SSSR count). The molecular formula is C89H175NO5. The quantitative estimate of drug-likeness (QED) is 0.0320. The van der Waals surface area contributed by atoms with Crippen molar-refractivity contribution >= 4 is 11.9 Å². The van der Waals surface area contributed by atoms with Crippen molar-refractivity contribution < 1.29 is 24.5 Å². The second-order valence-corrected chi connectivity index (χ2v) is 30.9. The van der Waals surface area contributed by atoms with Crippen molar-refractivity contribution in [3.05, 3.63) is 12.2 Å². The van der Waals surface area contributed by atoms with E-state index in [4.69, 9.17) is 4.74 Å². The van der Waals surface area contributed by atoms with Gasteiger partial charge in [0.15, 0.2) is 0 Å². The van der Waals surface area contributed by atoms with E-state index in [1.54, 1.807) is 0 Å². The third kappa shape index (κ3) is 81.5. The fourth-order valence-corrected chi connectivity index (χ4v) is 14.6. The number of allylic oxidation sites excluding steroid dienone is 2. The zero-order valence-electron chi connectivity index (χ0n) is 65.2. The molecule has 95 heavy (non-hydrogen) atoms. The average molecular weight is 1340 g/mol. The number of rotatable bonds is 85. The maximum Gasteiger partial charge on any atom is 0.305 e. The zero-order valence-corrected chi connectivity index (χ0v) is 65.2. The molecular weight excluding hydrogens is 1160 g/mol. The standard InChI is InChI=1S/C89H175NO5/c1-3-5-7-9-11-13-15-17-19-21-22-23-43-46-50-53-57-61-65-69-73-77-81-87(92)86(85-91)90-88(93)82-78-74-70-66-62-58-54-51-47-44-41-39-37-35-33-31-29-27-25-24-26-28-30-32-34-36-38-40-42-45-48-52-56-60-64-68-72-76-80-84-95-89(94)83-79-75-71-67-63-59-55-49-20-18-16-14-12-10-8-6-4-2/h24-25,86-87,91-92H,3-23,26-85H2,1-2H3,(H,90,93)/b25-24-. The van der Waals surface area contributed by atoms with Crippen molar-refractivity contribution in [1.29, 1.82) is 0 Å². The van der Waals surface area contributed by atoms with Crippen molar-refractivity contribution in [3.63, 3.8) is 0 Å². The van der Waals surface area contributed by atoms with Crippen LogP contribution in [-0.4, -0.2) is 47.4 Å². The second-order valence-electron chi connectivity index (χ2n) is 30.9. The lowest BCUT2D eigenvalue weighted by molar-refractivity contribution is -0.143. The van der Waals surface area contributed by atoms with Gasteiger partial charge in [-0.3, -0.25) is 9.59 Å². The SMILES string of the molecule is CCCCCCCCCCCCCCCCCCCCCCCCC(O)C(CO)NC(=O)CCCCCCCCCCCCCCCCCCC/C=C\CCCCCCCCCCCCCCCCCCCCOC(=O)CCCCCCCCCCCCCCCCCCC. The molecule has 0 aliphatic rings. The van der Waals surface area contributed by atoms with Gasteiger partial charge in [-0.2, -0.15) is 0 Å². The molecule has 2 unspecified atom stereocenters. The van der Waals surface area contributed by atoms with Crippen LogP contribution in [0.4, 0.5) is 0 Å². The summed E-state index contributed by atoms with van der Waals surface area (Å²) >= 11 is 0.